The fraction of sp³-hybridized carbons (Fsp3) is 0.462. The Labute approximate surface area is 191 Å². The molecule has 0 atom stereocenters. The summed E-state index contributed by atoms with van der Waals surface area (Å²) >= 11 is 0. The number of hydrogen-bond donors (Lipinski definition) is 0. The second-order valence-corrected chi connectivity index (χ2v) is 9.09. The number of hydrogen-bond acceptors (Lipinski definition) is 4. The summed E-state index contributed by atoms with van der Waals surface area (Å²) in [5, 5.41) is 0. The van der Waals surface area contributed by atoms with E-state index in [2.05, 4.69) is 32.9 Å². The third-order valence-electron chi connectivity index (χ3n) is 5.61. The SMILES string of the molecule is CC(C)(C)c1ccc(OCCCC(=O)N2CCN(C(=O)COc3ccccc3)CC2)cc1. The van der Waals surface area contributed by atoms with Crippen LogP contribution < -0.4 is 9.47 Å². The van der Waals surface area contributed by atoms with E-state index in [1.165, 1.54) is 5.56 Å². The van der Waals surface area contributed by atoms with E-state index in [1.807, 2.05) is 47.4 Å². The van der Waals surface area contributed by atoms with Crippen LogP contribution >= 0.6 is 0 Å². The van der Waals surface area contributed by atoms with Gasteiger partial charge in [-0.3, -0.25) is 9.59 Å². The molecule has 32 heavy (non-hydrogen) atoms. The summed E-state index contributed by atoms with van der Waals surface area (Å²) in [7, 11) is 0. The zero-order valence-electron chi connectivity index (χ0n) is 19.4. The first-order valence-electron chi connectivity index (χ1n) is 11.3. The van der Waals surface area contributed by atoms with Crippen molar-refractivity contribution in [1.29, 1.82) is 0 Å². The van der Waals surface area contributed by atoms with Crippen molar-refractivity contribution in [2.24, 2.45) is 0 Å². The Kier molecular flexibility index (Phi) is 8.14. The lowest BCUT2D eigenvalue weighted by Gasteiger charge is -2.34. The molecule has 0 aromatic heterocycles. The molecule has 172 valence electrons. The van der Waals surface area contributed by atoms with Gasteiger partial charge in [-0.05, 0) is 41.7 Å². The molecule has 0 unspecified atom stereocenters. The number of ether oxygens (including phenoxy) is 2. The molecule has 6 nitrogen and oxygen atoms in total. The van der Waals surface area contributed by atoms with Gasteiger partial charge in [0.05, 0.1) is 6.61 Å². The third kappa shape index (κ3) is 7.01. The minimum Gasteiger partial charge on any atom is -0.494 e. The molecule has 0 spiro atoms. The molecule has 0 saturated carbocycles. The minimum atomic E-state index is -0.0492. The number of amides is 2. The molecule has 2 aromatic carbocycles. The molecule has 1 aliphatic heterocycles. The standard InChI is InChI=1S/C26H34N2O4/c1-26(2,3)21-11-13-23(14-12-21)31-19-7-10-24(29)27-15-17-28(18-16-27)25(30)20-32-22-8-5-4-6-9-22/h4-6,8-9,11-14H,7,10,15-20H2,1-3H3. The van der Waals surface area contributed by atoms with Gasteiger partial charge in [-0.2, -0.15) is 0 Å². The molecule has 1 aliphatic rings. The number of carbonyl (C=O) groups excluding carboxylic acids is 2. The van der Waals surface area contributed by atoms with Crippen molar-refractivity contribution in [3.63, 3.8) is 0 Å². The number of para-hydroxylation sites is 1. The first-order valence-corrected chi connectivity index (χ1v) is 11.3. The van der Waals surface area contributed by atoms with Crippen molar-refractivity contribution < 1.29 is 19.1 Å². The van der Waals surface area contributed by atoms with Crippen LogP contribution in [0.1, 0.15) is 39.2 Å². The zero-order valence-corrected chi connectivity index (χ0v) is 19.4. The van der Waals surface area contributed by atoms with Crippen LogP contribution in [0.3, 0.4) is 0 Å². The average molecular weight is 439 g/mol. The first-order chi connectivity index (χ1) is 15.3. The molecule has 0 N–H and O–H groups in total. The molecule has 2 amide bonds. The average Bonchev–Trinajstić information content (AvgIpc) is 2.80. The van der Waals surface area contributed by atoms with Gasteiger partial charge in [0.2, 0.25) is 5.91 Å². The second kappa shape index (κ2) is 11.0. The fourth-order valence-electron chi connectivity index (χ4n) is 3.58. The predicted molar refractivity (Wildman–Crippen MR) is 125 cm³/mol. The number of rotatable bonds is 8. The van der Waals surface area contributed by atoms with E-state index in [9.17, 15) is 9.59 Å². The summed E-state index contributed by atoms with van der Waals surface area (Å²) in [6.45, 7) is 9.28. The summed E-state index contributed by atoms with van der Waals surface area (Å²) in [4.78, 5) is 28.4. The van der Waals surface area contributed by atoms with Crippen LogP contribution in [-0.4, -0.2) is 61.0 Å². The van der Waals surface area contributed by atoms with Gasteiger partial charge in [0.1, 0.15) is 11.5 Å². The molecule has 2 aromatic rings. The Morgan fingerprint density at radius 3 is 1.94 bits per heavy atom. The Morgan fingerprint density at radius 1 is 0.781 bits per heavy atom. The van der Waals surface area contributed by atoms with Crippen LogP contribution in [0.5, 0.6) is 11.5 Å². The smallest absolute Gasteiger partial charge is 0.260 e. The summed E-state index contributed by atoms with van der Waals surface area (Å²) in [6, 6.07) is 17.5. The normalized spacial score (nSPS) is 14.2. The topological polar surface area (TPSA) is 59.1 Å². The highest BCUT2D eigenvalue weighted by Gasteiger charge is 2.24. The van der Waals surface area contributed by atoms with Crippen LogP contribution in [0.15, 0.2) is 54.6 Å². The van der Waals surface area contributed by atoms with Crippen LogP contribution in [0, 0.1) is 0 Å². The molecule has 1 heterocycles. The monoisotopic (exact) mass is 438 g/mol. The van der Waals surface area contributed by atoms with Gasteiger partial charge in [0.15, 0.2) is 6.61 Å². The second-order valence-electron chi connectivity index (χ2n) is 9.09. The number of benzene rings is 2. The predicted octanol–water partition coefficient (Wildman–Crippen LogP) is 3.89. The molecular weight excluding hydrogens is 404 g/mol. The molecule has 1 saturated heterocycles. The van der Waals surface area contributed by atoms with Gasteiger partial charge in [-0.25, -0.2) is 0 Å². The molecule has 1 fully saturated rings. The maximum Gasteiger partial charge on any atom is 0.260 e. The molecule has 0 radical (unpaired) electrons. The first kappa shape index (κ1) is 23.6. The summed E-state index contributed by atoms with van der Waals surface area (Å²) in [5.41, 5.74) is 1.39. The fourth-order valence-corrected chi connectivity index (χ4v) is 3.58. The van der Waals surface area contributed by atoms with E-state index >= 15 is 0 Å². The quantitative estimate of drug-likeness (QED) is 0.587. The highest BCUT2D eigenvalue weighted by atomic mass is 16.5. The van der Waals surface area contributed by atoms with Gasteiger partial charge in [-0.1, -0.05) is 51.1 Å². The molecule has 0 bridgehead atoms. The number of nitrogens with zero attached hydrogens (tertiary/aromatic N) is 2. The van der Waals surface area contributed by atoms with Gasteiger partial charge >= 0.3 is 0 Å². The lowest BCUT2D eigenvalue weighted by molar-refractivity contribution is -0.140. The van der Waals surface area contributed by atoms with E-state index in [0.29, 0.717) is 51.4 Å². The lowest BCUT2D eigenvalue weighted by atomic mass is 9.87. The molecular formula is C26H34N2O4. The van der Waals surface area contributed by atoms with E-state index in [4.69, 9.17) is 9.47 Å². The Morgan fingerprint density at radius 2 is 1.34 bits per heavy atom. The van der Waals surface area contributed by atoms with Crippen LogP contribution in [0.4, 0.5) is 0 Å². The largest absolute Gasteiger partial charge is 0.494 e. The number of carbonyl (C=O) groups is 2. The van der Waals surface area contributed by atoms with Crippen molar-refractivity contribution in [3.05, 3.63) is 60.2 Å². The van der Waals surface area contributed by atoms with E-state index in [0.717, 1.165) is 5.75 Å². The Balaban J connectivity index is 1.32. The lowest BCUT2D eigenvalue weighted by Crippen LogP contribution is -2.51. The van der Waals surface area contributed by atoms with Gasteiger partial charge < -0.3 is 19.3 Å². The van der Waals surface area contributed by atoms with Gasteiger partial charge in [0, 0.05) is 32.6 Å². The Hall–Kier alpha value is -3.02. The van der Waals surface area contributed by atoms with Gasteiger partial charge in [0.25, 0.3) is 5.91 Å². The summed E-state index contributed by atoms with van der Waals surface area (Å²) < 4.78 is 11.3. The van der Waals surface area contributed by atoms with Crippen molar-refractivity contribution in [3.8, 4) is 11.5 Å². The van der Waals surface area contributed by atoms with E-state index in [-0.39, 0.29) is 23.8 Å². The van der Waals surface area contributed by atoms with Crippen molar-refractivity contribution in [2.75, 3.05) is 39.4 Å². The number of piperazine rings is 1. The van der Waals surface area contributed by atoms with E-state index < -0.39 is 0 Å². The zero-order chi connectivity index (χ0) is 23.0. The highest BCUT2D eigenvalue weighted by molar-refractivity contribution is 5.79. The third-order valence-corrected chi connectivity index (χ3v) is 5.61. The molecule has 6 heteroatoms. The minimum absolute atomic E-state index is 0.0199. The van der Waals surface area contributed by atoms with Crippen LogP contribution in [0.2, 0.25) is 0 Å². The van der Waals surface area contributed by atoms with Crippen LogP contribution in [0.25, 0.3) is 0 Å². The van der Waals surface area contributed by atoms with Crippen molar-refractivity contribution >= 4 is 11.8 Å². The highest BCUT2D eigenvalue weighted by Crippen LogP contribution is 2.24. The maximum absolute atomic E-state index is 12.5. The summed E-state index contributed by atoms with van der Waals surface area (Å²) in [5.74, 6) is 1.58. The van der Waals surface area contributed by atoms with Crippen LogP contribution in [-0.2, 0) is 15.0 Å². The van der Waals surface area contributed by atoms with Crippen molar-refractivity contribution in [2.45, 2.75) is 39.0 Å². The molecule has 3 rings (SSSR count). The summed E-state index contributed by atoms with van der Waals surface area (Å²) in [6.07, 6.45) is 1.12. The maximum atomic E-state index is 12.5. The van der Waals surface area contributed by atoms with Crippen molar-refractivity contribution in [1.82, 2.24) is 9.80 Å². The Bertz CT molecular complexity index is 867. The van der Waals surface area contributed by atoms with Gasteiger partial charge in [-0.15, -0.1) is 0 Å². The molecule has 0 aliphatic carbocycles. The van der Waals surface area contributed by atoms with E-state index in [1.54, 1.807) is 4.90 Å².